The highest BCUT2D eigenvalue weighted by Crippen LogP contribution is 2.33. The van der Waals surface area contributed by atoms with Crippen LogP contribution >= 0.6 is 0 Å². The number of piperidine rings is 1. The van der Waals surface area contributed by atoms with Crippen LogP contribution < -0.4 is 5.73 Å². The first-order chi connectivity index (χ1) is 12.2. The minimum atomic E-state index is -0.283. The van der Waals surface area contributed by atoms with E-state index in [1.807, 2.05) is 30.0 Å². The zero-order valence-electron chi connectivity index (χ0n) is 15.1. The molecule has 2 fully saturated rings. The lowest BCUT2D eigenvalue weighted by Gasteiger charge is -2.36. The van der Waals surface area contributed by atoms with Gasteiger partial charge < -0.3 is 15.5 Å². The van der Waals surface area contributed by atoms with Crippen LogP contribution in [0, 0.1) is 5.92 Å². The summed E-state index contributed by atoms with van der Waals surface area (Å²) in [6.45, 7) is 4.55. The van der Waals surface area contributed by atoms with E-state index < -0.39 is 0 Å². The Morgan fingerprint density at radius 3 is 2.60 bits per heavy atom. The largest absolute Gasteiger partial charge is 0.340 e. The third kappa shape index (κ3) is 3.71. The van der Waals surface area contributed by atoms with Gasteiger partial charge in [0, 0.05) is 32.0 Å². The van der Waals surface area contributed by atoms with Crippen molar-refractivity contribution in [3.8, 4) is 0 Å². The van der Waals surface area contributed by atoms with Gasteiger partial charge in [-0.1, -0.05) is 37.3 Å². The van der Waals surface area contributed by atoms with Crippen LogP contribution in [-0.2, 0) is 9.59 Å². The van der Waals surface area contributed by atoms with Crippen molar-refractivity contribution in [1.82, 2.24) is 9.80 Å². The fourth-order valence-corrected chi connectivity index (χ4v) is 4.27. The Kier molecular flexibility index (Phi) is 5.74. The zero-order valence-corrected chi connectivity index (χ0v) is 15.1. The van der Waals surface area contributed by atoms with E-state index in [-0.39, 0.29) is 29.7 Å². The molecule has 2 aliphatic rings. The molecule has 0 saturated carbocycles. The molecule has 3 atom stereocenters. The lowest BCUT2D eigenvalue weighted by molar-refractivity contribution is -0.147. The molecule has 0 radical (unpaired) electrons. The normalized spacial score (nSPS) is 26.7. The molecule has 2 amide bonds. The molecule has 2 saturated heterocycles. The first kappa shape index (κ1) is 17.9. The molecule has 5 heteroatoms. The summed E-state index contributed by atoms with van der Waals surface area (Å²) in [5, 5.41) is 0. The zero-order chi connectivity index (χ0) is 17.8. The average molecular weight is 343 g/mol. The van der Waals surface area contributed by atoms with Crippen LogP contribution in [0.2, 0.25) is 0 Å². The molecule has 25 heavy (non-hydrogen) atoms. The second kappa shape index (κ2) is 8.00. The van der Waals surface area contributed by atoms with Gasteiger partial charge in [-0.3, -0.25) is 9.59 Å². The van der Waals surface area contributed by atoms with Crippen molar-refractivity contribution < 1.29 is 9.59 Å². The first-order valence-corrected chi connectivity index (χ1v) is 9.49. The second-order valence-corrected chi connectivity index (χ2v) is 7.21. The molecule has 0 aromatic heterocycles. The van der Waals surface area contributed by atoms with Crippen LogP contribution in [0.15, 0.2) is 30.3 Å². The highest BCUT2D eigenvalue weighted by atomic mass is 16.2. The van der Waals surface area contributed by atoms with Crippen LogP contribution in [0.25, 0.3) is 0 Å². The fourth-order valence-electron chi connectivity index (χ4n) is 4.27. The highest BCUT2D eigenvalue weighted by Gasteiger charge is 2.40. The number of carbonyl (C=O) groups is 2. The Hall–Kier alpha value is -1.88. The smallest absolute Gasteiger partial charge is 0.245 e. The summed E-state index contributed by atoms with van der Waals surface area (Å²) in [7, 11) is 0. The van der Waals surface area contributed by atoms with E-state index in [1.54, 1.807) is 4.90 Å². The van der Waals surface area contributed by atoms with Crippen molar-refractivity contribution in [2.75, 3.05) is 26.2 Å². The summed E-state index contributed by atoms with van der Waals surface area (Å²) < 4.78 is 0. The number of rotatable bonds is 4. The molecule has 2 heterocycles. The number of nitrogens with zero attached hydrogens (tertiary/aromatic N) is 2. The van der Waals surface area contributed by atoms with E-state index in [1.165, 1.54) is 5.56 Å². The molecule has 0 aliphatic carbocycles. The predicted molar refractivity (Wildman–Crippen MR) is 98.0 cm³/mol. The van der Waals surface area contributed by atoms with Gasteiger partial charge in [0.25, 0.3) is 0 Å². The van der Waals surface area contributed by atoms with Crippen LogP contribution in [0.1, 0.15) is 44.1 Å². The Morgan fingerprint density at radius 2 is 1.92 bits per heavy atom. The van der Waals surface area contributed by atoms with E-state index >= 15 is 0 Å². The standard InChI is InChI=1S/C20H29N3O2/c1-2-19(24)23-11-7-6-10-18(23)20(25)22-13-16(12-21)17(14-22)15-8-4-3-5-9-15/h3-5,8-9,16-18H,2,6-7,10-14,21H2,1H3/t16-,17+,18?/m1/s1. The number of hydrogen-bond acceptors (Lipinski definition) is 3. The van der Waals surface area contributed by atoms with Gasteiger partial charge >= 0.3 is 0 Å². The van der Waals surface area contributed by atoms with Crippen molar-refractivity contribution in [3.05, 3.63) is 35.9 Å². The minimum Gasteiger partial charge on any atom is -0.340 e. The molecule has 1 aromatic rings. The van der Waals surface area contributed by atoms with Gasteiger partial charge in [-0.2, -0.15) is 0 Å². The van der Waals surface area contributed by atoms with Crippen LogP contribution in [-0.4, -0.2) is 53.8 Å². The molecular weight excluding hydrogens is 314 g/mol. The van der Waals surface area contributed by atoms with Gasteiger partial charge in [-0.25, -0.2) is 0 Å². The summed E-state index contributed by atoms with van der Waals surface area (Å²) >= 11 is 0. The van der Waals surface area contributed by atoms with Gasteiger partial charge in [-0.05, 0) is 37.3 Å². The van der Waals surface area contributed by atoms with Gasteiger partial charge in [0.2, 0.25) is 11.8 Å². The van der Waals surface area contributed by atoms with E-state index in [4.69, 9.17) is 5.73 Å². The van der Waals surface area contributed by atoms with Crippen LogP contribution in [0.3, 0.4) is 0 Å². The molecule has 1 aromatic carbocycles. The van der Waals surface area contributed by atoms with Crippen molar-refractivity contribution in [1.29, 1.82) is 0 Å². The van der Waals surface area contributed by atoms with Crippen molar-refractivity contribution in [2.45, 2.75) is 44.6 Å². The number of likely N-dealkylation sites (tertiary alicyclic amines) is 2. The molecule has 3 rings (SSSR count). The highest BCUT2D eigenvalue weighted by molar-refractivity contribution is 5.88. The lowest BCUT2D eigenvalue weighted by atomic mass is 9.89. The van der Waals surface area contributed by atoms with Crippen molar-refractivity contribution in [3.63, 3.8) is 0 Å². The molecule has 5 nitrogen and oxygen atoms in total. The van der Waals surface area contributed by atoms with E-state index in [2.05, 4.69) is 12.1 Å². The first-order valence-electron chi connectivity index (χ1n) is 9.49. The molecule has 0 bridgehead atoms. The molecule has 136 valence electrons. The van der Waals surface area contributed by atoms with Gasteiger partial charge in [-0.15, -0.1) is 0 Å². The lowest BCUT2D eigenvalue weighted by Crippen LogP contribution is -2.52. The molecule has 1 unspecified atom stereocenters. The van der Waals surface area contributed by atoms with Crippen LogP contribution in [0.4, 0.5) is 0 Å². The maximum Gasteiger partial charge on any atom is 0.245 e. The monoisotopic (exact) mass is 343 g/mol. The maximum atomic E-state index is 13.2. The predicted octanol–water partition coefficient (Wildman–Crippen LogP) is 1.98. The van der Waals surface area contributed by atoms with E-state index in [0.29, 0.717) is 32.6 Å². The fraction of sp³-hybridized carbons (Fsp3) is 0.600. The molecular formula is C20H29N3O2. The summed E-state index contributed by atoms with van der Waals surface area (Å²) in [4.78, 5) is 29.1. The Morgan fingerprint density at radius 1 is 1.16 bits per heavy atom. The van der Waals surface area contributed by atoms with Gasteiger partial charge in [0.15, 0.2) is 0 Å². The third-order valence-corrected chi connectivity index (χ3v) is 5.69. The topological polar surface area (TPSA) is 66.6 Å². The number of benzene rings is 1. The minimum absolute atomic E-state index is 0.0900. The van der Waals surface area contributed by atoms with Gasteiger partial charge in [0.1, 0.15) is 6.04 Å². The van der Waals surface area contributed by atoms with Crippen molar-refractivity contribution in [2.24, 2.45) is 11.7 Å². The number of amides is 2. The summed E-state index contributed by atoms with van der Waals surface area (Å²) in [5.74, 6) is 0.768. The Bertz CT molecular complexity index is 604. The van der Waals surface area contributed by atoms with Crippen molar-refractivity contribution >= 4 is 11.8 Å². The maximum absolute atomic E-state index is 13.2. The Labute approximate surface area is 150 Å². The summed E-state index contributed by atoms with van der Waals surface area (Å²) in [5.41, 5.74) is 7.25. The SMILES string of the molecule is CCC(=O)N1CCCCC1C(=O)N1C[C@@H](CN)[C@H](c2ccccc2)C1. The molecule has 2 N–H and O–H groups in total. The number of hydrogen-bond donors (Lipinski definition) is 1. The quantitative estimate of drug-likeness (QED) is 0.909. The summed E-state index contributed by atoms with van der Waals surface area (Å²) in [6, 6.07) is 10.0. The van der Waals surface area contributed by atoms with E-state index in [9.17, 15) is 9.59 Å². The third-order valence-electron chi connectivity index (χ3n) is 5.69. The molecule has 2 aliphatic heterocycles. The second-order valence-electron chi connectivity index (χ2n) is 7.21. The summed E-state index contributed by atoms with van der Waals surface area (Å²) in [6.07, 6.45) is 3.25. The number of carbonyl (C=O) groups excluding carboxylic acids is 2. The molecule has 0 spiro atoms. The van der Waals surface area contributed by atoms with Gasteiger partial charge in [0.05, 0.1) is 0 Å². The van der Waals surface area contributed by atoms with Crippen LogP contribution in [0.5, 0.6) is 0 Å². The average Bonchev–Trinajstić information content (AvgIpc) is 3.12. The Balaban J connectivity index is 1.75. The number of nitrogens with two attached hydrogens (primary N) is 1. The van der Waals surface area contributed by atoms with E-state index in [0.717, 1.165) is 19.3 Å².